The first-order valence-electron chi connectivity index (χ1n) is 7.51. The number of amides is 1. The molecule has 0 spiro atoms. The molecule has 0 unspecified atom stereocenters. The van der Waals surface area contributed by atoms with Crippen LogP contribution in [0.15, 0.2) is 47.4 Å². The standard InChI is InChI=1S/C17H13ClN4O2/c18-12-3-1-11(2-4-12)16-13-10-22(8-5-15(13)24-21-16)17(23)14-9-19-6-7-20-14/h1-4,6-7,9H,5,8,10H2. The van der Waals surface area contributed by atoms with Crippen LogP contribution in [-0.2, 0) is 13.0 Å². The van der Waals surface area contributed by atoms with E-state index in [1.165, 1.54) is 12.4 Å². The first-order chi connectivity index (χ1) is 11.7. The summed E-state index contributed by atoms with van der Waals surface area (Å²) < 4.78 is 5.46. The molecule has 1 aliphatic rings. The minimum Gasteiger partial charge on any atom is -0.360 e. The van der Waals surface area contributed by atoms with Gasteiger partial charge in [0, 0.05) is 41.5 Å². The molecule has 0 saturated heterocycles. The number of halogens is 1. The topological polar surface area (TPSA) is 72.1 Å². The highest BCUT2D eigenvalue weighted by Gasteiger charge is 2.28. The van der Waals surface area contributed by atoms with Crippen LogP contribution in [0.1, 0.15) is 21.8 Å². The number of hydrogen-bond acceptors (Lipinski definition) is 5. The first-order valence-corrected chi connectivity index (χ1v) is 7.89. The molecular formula is C17H13ClN4O2. The van der Waals surface area contributed by atoms with Gasteiger partial charge in [0.25, 0.3) is 5.91 Å². The molecule has 1 amide bonds. The third-order valence-corrected chi connectivity index (χ3v) is 4.27. The predicted octanol–water partition coefficient (Wildman–Crippen LogP) is 2.98. The normalized spacial score (nSPS) is 13.6. The Morgan fingerprint density at radius 2 is 2.04 bits per heavy atom. The zero-order chi connectivity index (χ0) is 16.5. The van der Waals surface area contributed by atoms with Crippen molar-refractivity contribution in [1.82, 2.24) is 20.0 Å². The molecule has 6 nitrogen and oxygen atoms in total. The van der Waals surface area contributed by atoms with Gasteiger partial charge in [-0.15, -0.1) is 0 Å². The summed E-state index contributed by atoms with van der Waals surface area (Å²) >= 11 is 5.94. The van der Waals surface area contributed by atoms with Gasteiger partial charge in [-0.3, -0.25) is 9.78 Å². The van der Waals surface area contributed by atoms with Crippen molar-refractivity contribution in [2.24, 2.45) is 0 Å². The fourth-order valence-corrected chi connectivity index (χ4v) is 2.91. The average Bonchev–Trinajstić information content (AvgIpc) is 3.05. The smallest absolute Gasteiger partial charge is 0.274 e. The quantitative estimate of drug-likeness (QED) is 0.717. The Bertz CT molecular complexity index is 877. The van der Waals surface area contributed by atoms with E-state index in [1.54, 1.807) is 11.1 Å². The van der Waals surface area contributed by atoms with E-state index in [4.69, 9.17) is 16.1 Å². The van der Waals surface area contributed by atoms with E-state index in [0.29, 0.717) is 30.2 Å². The summed E-state index contributed by atoms with van der Waals surface area (Å²) in [6.45, 7) is 1.00. The Labute approximate surface area is 143 Å². The Hall–Kier alpha value is -2.73. The second-order valence-corrected chi connectivity index (χ2v) is 5.94. The van der Waals surface area contributed by atoms with E-state index < -0.39 is 0 Å². The van der Waals surface area contributed by atoms with Gasteiger partial charge in [-0.2, -0.15) is 0 Å². The second-order valence-electron chi connectivity index (χ2n) is 5.51. The number of fused-ring (bicyclic) bond motifs is 1. The largest absolute Gasteiger partial charge is 0.360 e. The van der Waals surface area contributed by atoms with Crippen molar-refractivity contribution < 1.29 is 9.32 Å². The summed E-state index contributed by atoms with van der Waals surface area (Å²) in [5.74, 6) is 0.681. The molecule has 3 aromatic rings. The molecule has 3 heterocycles. The Kier molecular flexibility index (Phi) is 3.74. The molecule has 2 aromatic heterocycles. The fraction of sp³-hybridized carbons (Fsp3) is 0.176. The van der Waals surface area contributed by atoms with Crippen molar-refractivity contribution in [2.45, 2.75) is 13.0 Å². The number of benzene rings is 1. The molecule has 4 rings (SSSR count). The van der Waals surface area contributed by atoms with Gasteiger partial charge in [-0.05, 0) is 12.1 Å². The zero-order valence-electron chi connectivity index (χ0n) is 12.6. The Morgan fingerprint density at radius 3 is 2.79 bits per heavy atom. The van der Waals surface area contributed by atoms with Crippen LogP contribution in [0.5, 0.6) is 0 Å². The van der Waals surface area contributed by atoms with Gasteiger partial charge in [0.1, 0.15) is 17.1 Å². The molecule has 0 fully saturated rings. The van der Waals surface area contributed by atoms with Gasteiger partial charge >= 0.3 is 0 Å². The first kappa shape index (κ1) is 14.8. The summed E-state index contributed by atoms with van der Waals surface area (Å²) in [5, 5.41) is 4.84. The van der Waals surface area contributed by atoms with Crippen LogP contribution in [0.4, 0.5) is 0 Å². The van der Waals surface area contributed by atoms with Crippen LogP contribution >= 0.6 is 11.6 Å². The third kappa shape index (κ3) is 2.65. The molecule has 0 aliphatic carbocycles. The zero-order valence-corrected chi connectivity index (χ0v) is 13.4. The Balaban J connectivity index is 1.64. The van der Waals surface area contributed by atoms with Crippen molar-refractivity contribution in [3.63, 3.8) is 0 Å². The number of hydrogen-bond donors (Lipinski definition) is 0. The van der Waals surface area contributed by atoms with Crippen molar-refractivity contribution in [3.05, 3.63) is 64.9 Å². The lowest BCUT2D eigenvalue weighted by Crippen LogP contribution is -2.36. The molecule has 0 N–H and O–H groups in total. The van der Waals surface area contributed by atoms with Crippen molar-refractivity contribution in [3.8, 4) is 11.3 Å². The molecule has 0 atom stereocenters. The lowest BCUT2D eigenvalue weighted by atomic mass is 10.0. The summed E-state index contributed by atoms with van der Waals surface area (Å²) in [6.07, 6.45) is 5.17. The maximum Gasteiger partial charge on any atom is 0.274 e. The van der Waals surface area contributed by atoms with Gasteiger partial charge in [-0.25, -0.2) is 4.98 Å². The summed E-state index contributed by atoms with van der Waals surface area (Å²) in [5.41, 5.74) is 2.93. The van der Waals surface area contributed by atoms with Gasteiger partial charge in [0.05, 0.1) is 12.7 Å². The van der Waals surface area contributed by atoms with E-state index in [-0.39, 0.29) is 5.91 Å². The highest BCUT2D eigenvalue weighted by molar-refractivity contribution is 6.30. The van der Waals surface area contributed by atoms with Crippen molar-refractivity contribution in [2.75, 3.05) is 6.54 Å². The molecule has 0 saturated carbocycles. The average molecular weight is 341 g/mol. The highest BCUT2D eigenvalue weighted by Crippen LogP contribution is 2.31. The van der Waals surface area contributed by atoms with Crippen molar-refractivity contribution >= 4 is 17.5 Å². The maximum absolute atomic E-state index is 12.6. The number of carbonyl (C=O) groups excluding carboxylic acids is 1. The third-order valence-electron chi connectivity index (χ3n) is 4.01. The van der Waals surface area contributed by atoms with E-state index in [2.05, 4.69) is 15.1 Å². The number of nitrogens with zero attached hydrogens (tertiary/aromatic N) is 4. The molecule has 1 aromatic carbocycles. The minimum absolute atomic E-state index is 0.142. The van der Waals surface area contributed by atoms with Gasteiger partial charge in [0.2, 0.25) is 0 Å². The summed E-state index contributed by atoms with van der Waals surface area (Å²) in [4.78, 5) is 22.4. The van der Waals surface area contributed by atoms with Crippen LogP contribution in [0.3, 0.4) is 0 Å². The van der Waals surface area contributed by atoms with E-state index in [9.17, 15) is 4.79 Å². The van der Waals surface area contributed by atoms with Crippen LogP contribution in [-0.4, -0.2) is 32.5 Å². The highest BCUT2D eigenvalue weighted by atomic mass is 35.5. The lowest BCUT2D eigenvalue weighted by Gasteiger charge is -2.25. The molecule has 120 valence electrons. The van der Waals surface area contributed by atoms with Gasteiger partial charge in [-0.1, -0.05) is 28.9 Å². The van der Waals surface area contributed by atoms with Crippen LogP contribution < -0.4 is 0 Å². The number of carbonyl (C=O) groups is 1. The fourth-order valence-electron chi connectivity index (χ4n) is 2.79. The lowest BCUT2D eigenvalue weighted by molar-refractivity contribution is 0.0722. The maximum atomic E-state index is 12.6. The van der Waals surface area contributed by atoms with Gasteiger partial charge in [0.15, 0.2) is 0 Å². The van der Waals surface area contributed by atoms with E-state index in [1.807, 2.05) is 24.3 Å². The summed E-state index contributed by atoms with van der Waals surface area (Å²) in [7, 11) is 0. The molecule has 1 aliphatic heterocycles. The van der Waals surface area contributed by atoms with Gasteiger partial charge < -0.3 is 9.42 Å². The molecular weight excluding hydrogens is 328 g/mol. The molecule has 24 heavy (non-hydrogen) atoms. The second kappa shape index (κ2) is 6.05. The van der Waals surface area contributed by atoms with Crippen LogP contribution in [0.2, 0.25) is 5.02 Å². The number of aromatic nitrogens is 3. The summed E-state index contributed by atoms with van der Waals surface area (Å²) in [6, 6.07) is 7.40. The monoisotopic (exact) mass is 340 g/mol. The molecule has 0 radical (unpaired) electrons. The minimum atomic E-state index is -0.142. The SMILES string of the molecule is O=C(c1cnccn1)N1CCc2onc(-c3ccc(Cl)cc3)c2C1. The predicted molar refractivity (Wildman–Crippen MR) is 87.4 cm³/mol. The number of rotatable bonds is 2. The van der Waals surface area contributed by atoms with E-state index in [0.717, 1.165) is 22.6 Å². The van der Waals surface area contributed by atoms with E-state index >= 15 is 0 Å². The van der Waals surface area contributed by atoms with Crippen molar-refractivity contribution in [1.29, 1.82) is 0 Å². The van der Waals surface area contributed by atoms with Crippen LogP contribution in [0, 0.1) is 0 Å². The van der Waals surface area contributed by atoms with Crippen LogP contribution in [0.25, 0.3) is 11.3 Å². The molecule has 7 heteroatoms. The Morgan fingerprint density at radius 1 is 1.21 bits per heavy atom. The molecule has 0 bridgehead atoms.